The minimum absolute atomic E-state index is 0.128. The number of halogens is 1. The van der Waals surface area contributed by atoms with Crippen molar-refractivity contribution in [1.29, 1.82) is 0 Å². The molecule has 0 aromatic carbocycles. The van der Waals surface area contributed by atoms with Crippen molar-refractivity contribution in [3.63, 3.8) is 0 Å². The zero-order valence-corrected chi connectivity index (χ0v) is 11.4. The second kappa shape index (κ2) is 5.27. The topological polar surface area (TPSA) is 85.8 Å². The van der Waals surface area contributed by atoms with E-state index in [4.69, 9.17) is 17.3 Å². The minimum Gasteiger partial charge on any atom is -0.384 e. The predicted octanol–water partition coefficient (Wildman–Crippen LogP) is 1.29. The number of aromatic nitrogens is 3. The van der Waals surface area contributed by atoms with Crippen LogP contribution in [0, 0.1) is 6.92 Å². The Kier molecular flexibility index (Phi) is 3.71. The third-order valence-electron chi connectivity index (χ3n) is 2.86. The fourth-order valence-corrected chi connectivity index (χ4v) is 1.78. The van der Waals surface area contributed by atoms with Gasteiger partial charge >= 0.3 is 0 Å². The molecule has 0 aliphatic rings. The number of nitrogens with two attached hydrogens (primary N) is 1. The molecule has 1 amide bonds. The molecule has 0 saturated heterocycles. The summed E-state index contributed by atoms with van der Waals surface area (Å²) in [5.74, 6) is -0.104. The zero-order chi connectivity index (χ0) is 14.0. The van der Waals surface area contributed by atoms with E-state index in [1.54, 1.807) is 23.0 Å². The average Bonchev–Trinajstić information content (AvgIpc) is 2.70. The lowest BCUT2D eigenvalue weighted by atomic mass is 10.2. The second-order valence-electron chi connectivity index (χ2n) is 4.13. The number of pyridine rings is 1. The van der Waals surface area contributed by atoms with Crippen LogP contribution in [-0.4, -0.2) is 20.7 Å². The summed E-state index contributed by atoms with van der Waals surface area (Å²) >= 11 is 5.91. The van der Waals surface area contributed by atoms with Gasteiger partial charge in [-0.15, -0.1) is 0 Å². The third-order valence-corrected chi connectivity index (χ3v) is 3.16. The van der Waals surface area contributed by atoms with Crippen molar-refractivity contribution in [2.45, 2.75) is 13.5 Å². The summed E-state index contributed by atoms with van der Waals surface area (Å²) in [4.78, 5) is 15.9. The van der Waals surface area contributed by atoms with Gasteiger partial charge in [-0.1, -0.05) is 11.6 Å². The summed E-state index contributed by atoms with van der Waals surface area (Å²) in [5.41, 5.74) is 7.60. The Hall–Kier alpha value is -2.08. The summed E-state index contributed by atoms with van der Waals surface area (Å²) in [6.45, 7) is 2.30. The fraction of sp³-hybridized carbons (Fsp3) is 0.250. The van der Waals surface area contributed by atoms with E-state index in [0.717, 1.165) is 11.3 Å². The molecule has 19 heavy (non-hydrogen) atoms. The van der Waals surface area contributed by atoms with E-state index in [9.17, 15) is 4.79 Å². The summed E-state index contributed by atoms with van der Waals surface area (Å²) in [6, 6.07) is 3.10. The molecule has 2 rings (SSSR count). The standard InChI is InChI=1S/C12H14ClN5O/c1-7-8(6-16-18(7)2)5-15-12(19)11-9(13)3-4-10(14)17-11/h3-4,6H,5H2,1-2H3,(H2,14,17)(H,15,19). The van der Waals surface area contributed by atoms with Crippen molar-refractivity contribution in [1.82, 2.24) is 20.1 Å². The SMILES string of the molecule is Cc1c(CNC(=O)c2nc(N)ccc2Cl)cnn1C. The Labute approximate surface area is 115 Å². The molecule has 100 valence electrons. The van der Waals surface area contributed by atoms with Crippen LogP contribution < -0.4 is 11.1 Å². The van der Waals surface area contributed by atoms with Crippen molar-refractivity contribution in [2.75, 3.05) is 5.73 Å². The van der Waals surface area contributed by atoms with Crippen LogP contribution in [0.1, 0.15) is 21.7 Å². The lowest BCUT2D eigenvalue weighted by molar-refractivity contribution is 0.0946. The maximum absolute atomic E-state index is 12.0. The van der Waals surface area contributed by atoms with Crippen molar-refractivity contribution in [3.05, 3.63) is 40.3 Å². The van der Waals surface area contributed by atoms with Gasteiger partial charge in [0.25, 0.3) is 5.91 Å². The number of rotatable bonds is 3. The Balaban J connectivity index is 2.09. The fourth-order valence-electron chi connectivity index (χ4n) is 1.59. The number of hydrogen-bond donors (Lipinski definition) is 2. The molecular formula is C12H14ClN5O. The van der Waals surface area contributed by atoms with Gasteiger partial charge in [-0.05, 0) is 19.1 Å². The van der Waals surface area contributed by atoms with Gasteiger partial charge in [0.05, 0.1) is 11.2 Å². The van der Waals surface area contributed by atoms with Crippen LogP contribution >= 0.6 is 11.6 Å². The first-order valence-electron chi connectivity index (χ1n) is 5.66. The first-order valence-corrected chi connectivity index (χ1v) is 6.04. The van der Waals surface area contributed by atoms with Crippen molar-refractivity contribution in [2.24, 2.45) is 7.05 Å². The molecule has 0 spiro atoms. The first-order chi connectivity index (χ1) is 8.99. The molecule has 0 aliphatic heterocycles. The molecule has 2 aromatic rings. The van der Waals surface area contributed by atoms with Crippen LogP contribution in [0.3, 0.4) is 0 Å². The number of nitrogen functional groups attached to an aromatic ring is 1. The van der Waals surface area contributed by atoms with Gasteiger partial charge in [0.15, 0.2) is 0 Å². The lowest BCUT2D eigenvalue weighted by Gasteiger charge is -2.06. The number of hydrogen-bond acceptors (Lipinski definition) is 4. The predicted molar refractivity (Wildman–Crippen MR) is 72.8 cm³/mol. The van der Waals surface area contributed by atoms with E-state index in [0.29, 0.717) is 6.54 Å². The number of carbonyl (C=O) groups excluding carboxylic acids is 1. The number of amides is 1. The number of nitrogens with one attached hydrogen (secondary N) is 1. The highest BCUT2D eigenvalue weighted by Gasteiger charge is 2.13. The normalized spacial score (nSPS) is 10.5. The van der Waals surface area contributed by atoms with Crippen LogP contribution in [0.15, 0.2) is 18.3 Å². The van der Waals surface area contributed by atoms with Gasteiger partial charge in [0.2, 0.25) is 0 Å². The van der Waals surface area contributed by atoms with Gasteiger partial charge < -0.3 is 11.1 Å². The van der Waals surface area contributed by atoms with Crippen molar-refractivity contribution < 1.29 is 4.79 Å². The Bertz CT molecular complexity index is 623. The zero-order valence-electron chi connectivity index (χ0n) is 10.6. The quantitative estimate of drug-likeness (QED) is 0.886. The summed E-state index contributed by atoms with van der Waals surface area (Å²) in [5, 5.41) is 7.12. The molecule has 0 fully saturated rings. The Morgan fingerprint density at radius 3 is 2.89 bits per heavy atom. The third kappa shape index (κ3) is 2.85. The molecule has 6 nitrogen and oxygen atoms in total. The van der Waals surface area contributed by atoms with E-state index in [1.165, 1.54) is 0 Å². The molecule has 7 heteroatoms. The first kappa shape index (κ1) is 13.4. The van der Waals surface area contributed by atoms with E-state index in [2.05, 4.69) is 15.4 Å². The lowest BCUT2D eigenvalue weighted by Crippen LogP contribution is -2.24. The van der Waals surface area contributed by atoms with Crippen LogP contribution in [0.25, 0.3) is 0 Å². The van der Waals surface area contributed by atoms with Crippen LogP contribution in [0.2, 0.25) is 5.02 Å². The molecule has 0 atom stereocenters. The van der Waals surface area contributed by atoms with Gasteiger partial charge in [-0.2, -0.15) is 5.10 Å². The number of nitrogens with zero attached hydrogens (tertiary/aromatic N) is 3. The van der Waals surface area contributed by atoms with E-state index in [1.807, 2.05) is 14.0 Å². The largest absolute Gasteiger partial charge is 0.384 e. The van der Waals surface area contributed by atoms with Crippen molar-refractivity contribution >= 4 is 23.3 Å². The minimum atomic E-state index is -0.361. The summed E-state index contributed by atoms with van der Waals surface area (Å²) < 4.78 is 1.74. The van der Waals surface area contributed by atoms with Gasteiger partial charge in [0, 0.05) is 24.8 Å². The van der Waals surface area contributed by atoms with E-state index < -0.39 is 0 Å². The number of aryl methyl sites for hydroxylation is 1. The van der Waals surface area contributed by atoms with Gasteiger partial charge in [-0.25, -0.2) is 4.98 Å². The molecule has 0 radical (unpaired) electrons. The number of carbonyl (C=O) groups is 1. The summed E-state index contributed by atoms with van der Waals surface area (Å²) in [7, 11) is 1.84. The van der Waals surface area contributed by atoms with Gasteiger partial charge in [0.1, 0.15) is 11.5 Å². The Morgan fingerprint density at radius 2 is 2.26 bits per heavy atom. The highest BCUT2D eigenvalue weighted by Crippen LogP contribution is 2.15. The van der Waals surface area contributed by atoms with Gasteiger partial charge in [-0.3, -0.25) is 9.48 Å². The van der Waals surface area contributed by atoms with E-state index >= 15 is 0 Å². The van der Waals surface area contributed by atoms with Crippen molar-refractivity contribution in [3.8, 4) is 0 Å². The molecule has 3 N–H and O–H groups in total. The van der Waals surface area contributed by atoms with Crippen LogP contribution in [-0.2, 0) is 13.6 Å². The summed E-state index contributed by atoms with van der Waals surface area (Å²) in [6.07, 6.45) is 1.71. The highest BCUT2D eigenvalue weighted by atomic mass is 35.5. The molecule has 0 aliphatic carbocycles. The molecule has 0 bridgehead atoms. The van der Waals surface area contributed by atoms with Crippen LogP contribution in [0.5, 0.6) is 0 Å². The smallest absolute Gasteiger partial charge is 0.271 e. The molecule has 0 saturated carbocycles. The molecular weight excluding hydrogens is 266 g/mol. The average molecular weight is 280 g/mol. The van der Waals surface area contributed by atoms with E-state index in [-0.39, 0.29) is 22.4 Å². The maximum Gasteiger partial charge on any atom is 0.271 e. The maximum atomic E-state index is 12.0. The highest BCUT2D eigenvalue weighted by molar-refractivity contribution is 6.33. The monoisotopic (exact) mass is 279 g/mol. The Morgan fingerprint density at radius 1 is 1.53 bits per heavy atom. The number of anilines is 1. The van der Waals surface area contributed by atoms with Crippen LogP contribution in [0.4, 0.5) is 5.82 Å². The molecule has 2 heterocycles. The molecule has 0 unspecified atom stereocenters. The molecule has 2 aromatic heterocycles. The second-order valence-corrected chi connectivity index (χ2v) is 4.54.